The molecule has 0 saturated heterocycles. The molecule has 1 aromatic carbocycles. The Morgan fingerprint density at radius 1 is 1.48 bits per heavy atom. The lowest BCUT2D eigenvalue weighted by Crippen LogP contribution is -2.47. The largest absolute Gasteiger partial charge is 0.481 e. The minimum absolute atomic E-state index is 0.0574. The number of fused-ring (bicyclic) bond motifs is 1. The van der Waals surface area contributed by atoms with E-state index in [1.807, 2.05) is 31.2 Å². The van der Waals surface area contributed by atoms with Gasteiger partial charge in [-0.3, -0.25) is 9.59 Å². The summed E-state index contributed by atoms with van der Waals surface area (Å²) in [5.74, 6) is -0.437. The molecule has 1 N–H and O–H groups in total. The van der Waals surface area contributed by atoms with Crippen molar-refractivity contribution in [2.24, 2.45) is 11.3 Å². The quantitative estimate of drug-likeness (QED) is 0.906. The first-order chi connectivity index (χ1) is 11.1. The molecule has 1 aliphatic rings. The van der Waals surface area contributed by atoms with Gasteiger partial charge in [-0.25, -0.2) is 0 Å². The molecule has 1 fully saturated rings. The maximum atomic E-state index is 12.0. The van der Waals surface area contributed by atoms with E-state index >= 15 is 0 Å². The first-order valence-corrected chi connectivity index (χ1v) is 8.56. The zero-order valence-corrected chi connectivity index (χ0v) is 13.8. The van der Waals surface area contributed by atoms with Crippen LogP contribution in [0, 0.1) is 11.3 Å². The van der Waals surface area contributed by atoms with Crippen molar-refractivity contribution in [1.29, 1.82) is 0 Å². The Labute approximate surface area is 138 Å². The summed E-state index contributed by atoms with van der Waals surface area (Å²) in [4.78, 5) is 23.7. The predicted molar refractivity (Wildman–Crippen MR) is 87.8 cm³/mol. The standard InChI is InChI=1S/C17H19NO4S/c1-2-11-9-12(19)7-8-17(11,16(20)21)10-22-15-13-5-3-4-6-14(13)23-18-15/h3-6,11H,2,7-10H2,1H3,(H,20,21). The average molecular weight is 333 g/mol. The molecule has 1 saturated carbocycles. The summed E-state index contributed by atoms with van der Waals surface area (Å²) in [7, 11) is 0. The molecule has 6 heteroatoms. The highest BCUT2D eigenvalue weighted by Gasteiger charge is 2.49. The second-order valence-corrected chi connectivity index (χ2v) is 6.89. The number of Topliss-reactive ketones (excluding diaryl/α,β-unsaturated/α-hetero) is 1. The molecule has 0 spiro atoms. The van der Waals surface area contributed by atoms with Crippen molar-refractivity contribution in [1.82, 2.24) is 4.37 Å². The van der Waals surface area contributed by atoms with E-state index in [4.69, 9.17) is 4.74 Å². The van der Waals surface area contributed by atoms with Gasteiger partial charge in [-0.2, -0.15) is 4.37 Å². The number of nitrogens with zero attached hydrogens (tertiary/aromatic N) is 1. The molecule has 0 amide bonds. The van der Waals surface area contributed by atoms with Crippen molar-refractivity contribution in [3.05, 3.63) is 24.3 Å². The molecule has 1 aromatic heterocycles. The first-order valence-electron chi connectivity index (χ1n) is 7.79. The van der Waals surface area contributed by atoms with Gasteiger partial charge in [-0.15, -0.1) is 0 Å². The molecule has 0 radical (unpaired) electrons. The van der Waals surface area contributed by atoms with Gasteiger partial charge in [0.15, 0.2) is 0 Å². The molecule has 2 aromatic rings. The fourth-order valence-corrected chi connectivity index (χ4v) is 4.10. The number of aliphatic carboxylic acids is 1. The number of carboxylic acid groups (broad SMARTS) is 1. The summed E-state index contributed by atoms with van der Waals surface area (Å²) in [6.07, 6.45) is 1.62. The van der Waals surface area contributed by atoms with E-state index < -0.39 is 11.4 Å². The van der Waals surface area contributed by atoms with Crippen LogP contribution in [0.2, 0.25) is 0 Å². The van der Waals surface area contributed by atoms with Gasteiger partial charge in [0.25, 0.3) is 0 Å². The number of hydrogen-bond donors (Lipinski definition) is 1. The van der Waals surface area contributed by atoms with E-state index in [0.717, 1.165) is 10.1 Å². The van der Waals surface area contributed by atoms with Crippen molar-refractivity contribution in [2.45, 2.75) is 32.6 Å². The van der Waals surface area contributed by atoms with Gasteiger partial charge in [0.05, 0.1) is 10.1 Å². The summed E-state index contributed by atoms with van der Waals surface area (Å²) in [5.41, 5.74) is -1.01. The van der Waals surface area contributed by atoms with Crippen LogP contribution in [0.4, 0.5) is 0 Å². The third-order valence-electron chi connectivity index (χ3n) is 4.84. The summed E-state index contributed by atoms with van der Waals surface area (Å²) < 4.78 is 11.1. The lowest BCUT2D eigenvalue weighted by Gasteiger charge is -2.39. The minimum Gasteiger partial charge on any atom is -0.481 e. The van der Waals surface area contributed by atoms with Crippen molar-refractivity contribution in [3.63, 3.8) is 0 Å². The van der Waals surface area contributed by atoms with Crippen LogP contribution in [0.25, 0.3) is 10.1 Å². The maximum Gasteiger partial charge on any atom is 0.313 e. The molecule has 2 atom stereocenters. The second-order valence-electron chi connectivity index (χ2n) is 6.08. The third kappa shape index (κ3) is 2.83. The van der Waals surface area contributed by atoms with Crippen molar-refractivity contribution in [2.75, 3.05) is 6.61 Å². The fraction of sp³-hybridized carbons (Fsp3) is 0.471. The summed E-state index contributed by atoms with van der Waals surface area (Å²) >= 11 is 1.34. The lowest BCUT2D eigenvalue weighted by atomic mass is 9.65. The minimum atomic E-state index is -1.01. The van der Waals surface area contributed by atoms with Crippen LogP contribution in [0.1, 0.15) is 32.6 Å². The topological polar surface area (TPSA) is 76.5 Å². The van der Waals surface area contributed by atoms with Gasteiger partial charge in [-0.05, 0) is 36.0 Å². The molecule has 3 rings (SSSR count). The number of hydrogen-bond acceptors (Lipinski definition) is 5. The van der Waals surface area contributed by atoms with E-state index in [2.05, 4.69) is 4.37 Å². The molecule has 122 valence electrons. The highest BCUT2D eigenvalue weighted by Crippen LogP contribution is 2.43. The molecule has 1 aliphatic carbocycles. The van der Waals surface area contributed by atoms with Crippen LogP contribution in [-0.4, -0.2) is 27.8 Å². The number of benzene rings is 1. The summed E-state index contributed by atoms with van der Waals surface area (Å²) in [5, 5.41) is 10.7. The third-order valence-corrected chi connectivity index (χ3v) is 5.64. The Balaban J connectivity index is 1.85. The predicted octanol–water partition coefficient (Wildman–Crippen LogP) is 3.53. The monoisotopic (exact) mass is 333 g/mol. The molecule has 1 heterocycles. The smallest absolute Gasteiger partial charge is 0.313 e. The summed E-state index contributed by atoms with van der Waals surface area (Å²) in [6, 6.07) is 7.72. The highest BCUT2D eigenvalue weighted by atomic mass is 32.1. The molecule has 0 bridgehead atoms. The van der Waals surface area contributed by atoms with Crippen LogP contribution >= 0.6 is 11.5 Å². The SMILES string of the molecule is CCC1CC(=O)CCC1(COc1nsc2ccccc12)C(=O)O. The van der Waals surface area contributed by atoms with Gasteiger partial charge in [-0.1, -0.05) is 25.5 Å². The Hall–Kier alpha value is -1.95. The van der Waals surface area contributed by atoms with E-state index in [0.29, 0.717) is 31.6 Å². The lowest BCUT2D eigenvalue weighted by molar-refractivity contribution is -0.159. The van der Waals surface area contributed by atoms with Gasteiger partial charge < -0.3 is 9.84 Å². The average Bonchev–Trinajstić information content (AvgIpc) is 2.97. The first kappa shape index (κ1) is 15.9. The number of carboxylic acids is 1. The van der Waals surface area contributed by atoms with E-state index in [-0.39, 0.29) is 18.3 Å². The van der Waals surface area contributed by atoms with Gasteiger partial charge >= 0.3 is 5.97 Å². The van der Waals surface area contributed by atoms with Crippen molar-refractivity contribution >= 4 is 33.4 Å². The fourth-order valence-electron chi connectivity index (χ4n) is 3.37. The number of ether oxygens (including phenoxy) is 1. The summed E-state index contributed by atoms with van der Waals surface area (Å²) in [6.45, 7) is 1.99. The van der Waals surface area contributed by atoms with E-state index in [1.54, 1.807) is 0 Å². The number of ketones is 1. The number of rotatable bonds is 5. The van der Waals surface area contributed by atoms with Crippen LogP contribution in [0.3, 0.4) is 0 Å². The number of carbonyl (C=O) groups excluding carboxylic acids is 1. The molecule has 5 nitrogen and oxygen atoms in total. The Kier molecular flexibility index (Phi) is 4.35. The Morgan fingerprint density at radius 3 is 3.00 bits per heavy atom. The zero-order chi connectivity index (χ0) is 16.4. The Morgan fingerprint density at radius 2 is 2.26 bits per heavy atom. The van der Waals surface area contributed by atoms with Gasteiger partial charge in [0, 0.05) is 12.8 Å². The van der Waals surface area contributed by atoms with Crippen LogP contribution in [0.5, 0.6) is 5.88 Å². The number of aromatic nitrogens is 1. The van der Waals surface area contributed by atoms with Crippen molar-refractivity contribution in [3.8, 4) is 5.88 Å². The van der Waals surface area contributed by atoms with Gasteiger partial charge in [0.2, 0.25) is 5.88 Å². The van der Waals surface area contributed by atoms with E-state index in [1.165, 1.54) is 11.5 Å². The number of carbonyl (C=O) groups is 2. The molecule has 23 heavy (non-hydrogen) atoms. The van der Waals surface area contributed by atoms with Crippen molar-refractivity contribution < 1.29 is 19.4 Å². The van der Waals surface area contributed by atoms with Crippen LogP contribution in [0.15, 0.2) is 24.3 Å². The maximum absolute atomic E-state index is 12.0. The molecule has 2 unspecified atom stereocenters. The molecule has 0 aliphatic heterocycles. The van der Waals surface area contributed by atoms with Gasteiger partial charge in [0.1, 0.15) is 17.8 Å². The Bertz CT molecular complexity index is 741. The highest BCUT2D eigenvalue weighted by molar-refractivity contribution is 7.13. The molecular weight excluding hydrogens is 314 g/mol. The second kappa shape index (κ2) is 6.28. The molecular formula is C17H19NO4S. The van der Waals surface area contributed by atoms with E-state index in [9.17, 15) is 14.7 Å². The van der Waals surface area contributed by atoms with Crippen LogP contribution in [-0.2, 0) is 9.59 Å². The zero-order valence-electron chi connectivity index (χ0n) is 12.9. The normalized spacial score (nSPS) is 24.7. The van der Waals surface area contributed by atoms with Crippen LogP contribution < -0.4 is 4.74 Å².